The molecule has 1 aliphatic heterocycles. The van der Waals surface area contributed by atoms with Gasteiger partial charge >= 0.3 is 0 Å². The zero-order valence-corrected chi connectivity index (χ0v) is 10.5. The van der Waals surface area contributed by atoms with Crippen LogP contribution in [0.25, 0.3) is 0 Å². The number of allylic oxidation sites excluding steroid dienone is 1. The molecule has 3 nitrogen and oxygen atoms in total. The third kappa shape index (κ3) is 2.21. The van der Waals surface area contributed by atoms with E-state index in [-0.39, 0.29) is 16.9 Å². The van der Waals surface area contributed by atoms with Gasteiger partial charge < -0.3 is 9.90 Å². The number of rotatable bonds is 5. The second-order valence-corrected chi connectivity index (χ2v) is 4.81. The largest absolute Gasteiger partial charge is 0.508 e. The first kappa shape index (κ1) is 12.6. The molecule has 3 heteroatoms. The molecule has 0 saturated heterocycles. The zero-order chi connectivity index (χ0) is 13.2. The van der Waals surface area contributed by atoms with E-state index in [4.69, 9.17) is 0 Å². The predicted molar refractivity (Wildman–Crippen MR) is 72.7 cm³/mol. The number of Topliss-reactive ketones (excluding diaryl/α,β-unsaturated/α-hetero) is 1. The molecule has 0 saturated carbocycles. The van der Waals surface area contributed by atoms with Gasteiger partial charge in [0.25, 0.3) is 0 Å². The van der Waals surface area contributed by atoms with E-state index in [2.05, 4.69) is 11.6 Å². The van der Waals surface area contributed by atoms with Crippen LogP contribution in [0, 0.1) is 0 Å². The summed E-state index contributed by atoms with van der Waals surface area (Å²) in [6.45, 7) is 5.38. The van der Waals surface area contributed by atoms with E-state index < -0.39 is 0 Å². The number of benzene rings is 1. The molecule has 0 amide bonds. The first-order chi connectivity index (χ1) is 8.57. The highest BCUT2D eigenvalue weighted by Crippen LogP contribution is 2.43. The van der Waals surface area contributed by atoms with Crippen LogP contribution in [0.3, 0.4) is 0 Å². The smallest absolute Gasteiger partial charge is 0.129 e. The summed E-state index contributed by atoms with van der Waals surface area (Å²) in [4.78, 5) is 15.6. The highest BCUT2D eigenvalue weighted by molar-refractivity contribution is 5.87. The fourth-order valence-electron chi connectivity index (χ4n) is 2.42. The number of fused-ring (bicyclic) bond motifs is 1. The van der Waals surface area contributed by atoms with Crippen LogP contribution in [0.4, 0.5) is 5.69 Å². The number of carbonyl (C=O) groups excluding carboxylic acids is 1. The predicted octanol–water partition coefficient (Wildman–Crippen LogP) is 3.29. The summed E-state index contributed by atoms with van der Waals surface area (Å²) in [6, 6.07) is 5.18. The first-order valence-corrected chi connectivity index (χ1v) is 6.06. The van der Waals surface area contributed by atoms with Crippen LogP contribution in [-0.2, 0) is 10.2 Å². The van der Waals surface area contributed by atoms with E-state index in [0.717, 1.165) is 17.7 Å². The molecule has 0 radical (unpaired) electrons. The van der Waals surface area contributed by atoms with Gasteiger partial charge in [-0.3, -0.25) is 4.99 Å². The Kier molecular flexibility index (Phi) is 3.32. The molecule has 0 fully saturated rings. The highest BCUT2D eigenvalue weighted by Gasteiger charge is 2.35. The topological polar surface area (TPSA) is 49.7 Å². The van der Waals surface area contributed by atoms with E-state index in [1.807, 2.05) is 12.3 Å². The van der Waals surface area contributed by atoms with E-state index in [9.17, 15) is 9.90 Å². The Hall–Kier alpha value is -1.90. The molecule has 0 unspecified atom stereocenters. The van der Waals surface area contributed by atoms with Crippen molar-refractivity contribution in [2.24, 2.45) is 4.99 Å². The van der Waals surface area contributed by atoms with Crippen molar-refractivity contribution in [3.8, 4) is 5.75 Å². The number of ketones is 1. The average molecular weight is 243 g/mol. The first-order valence-electron chi connectivity index (χ1n) is 6.06. The molecular formula is C15H17NO2. The van der Waals surface area contributed by atoms with Crippen molar-refractivity contribution in [1.82, 2.24) is 0 Å². The van der Waals surface area contributed by atoms with Crippen molar-refractivity contribution >= 4 is 17.7 Å². The number of phenolic OH excluding ortho intramolecular Hbond substituents is 1. The van der Waals surface area contributed by atoms with Crippen molar-refractivity contribution in [2.75, 3.05) is 0 Å². The van der Waals surface area contributed by atoms with E-state index in [1.165, 1.54) is 0 Å². The van der Waals surface area contributed by atoms with Crippen molar-refractivity contribution in [2.45, 2.75) is 31.6 Å². The van der Waals surface area contributed by atoms with Crippen LogP contribution in [0.1, 0.15) is 31.7 Å². The molecule has 0 aromatic heterocycles. The molecule has 1 N–H and O–H groups in total. The lowest BCUT2D eigenvalue weighted by molar-refractivity contribution is -0.117. The Bertz CT molecular complexity index is 519. The second kappa shape index (κ2) is 4.77. The molecule has 2 rings (SSSR count). The zero-order valence-electron chi connectivity index (χ0n) is 10.5. The number of carbonyl (C=O) groups is 1. The number of aliphatic imine (C=N–C) groups is 1. The monoisotopic (exact) mass is 243 g/mol. The summed E-state index contributed by atoms with van der Waals surface area (Å²) in [6.07, 6.45) is 5.66. The van der Waals surface area contributed by atoms with E-state index >= 15 is 0 Å². The van der Waals surface area contributed by atoms with Gasteiger partial charge in [-0.1, -0.05) is 6.08 Å². The normalized spacial score (nSPS) is 20.7. The van der Waals surface area contributed by atoms with Crippen LogP contribution in [0.5, 0.6) is 5.75 Å². The molecular weight excluding hydrogens is 226 g/mol. The van der Waals surface area contributed by atoms with Gasteiger partial charge in [0.05, 0.1) is 5.69 Å². The number of hydrogen-bond acceptors (Lipinski definition) is 3. The third-order valence-electron chi connectivity index (χ3n) is 3.40. The summed E-state index contributed by atoms with van der Waals surface area (Å²) in [5.41, 5.74) is 1.57. The van der Waals surface area contributed by atoms with Gasteiger partial charge in [0, 0.05) is 18.1 Å². The number of aromatic hydroxyl groups is 1. The second-order valence-electron chi connectivity index (χ2n) is 4.81. The molecule has 1 heterocycles. The van der Waals surface area contributed by atoms with Gasteiger partial charge in [-0.15, -0.1) is 6.58 Å². The Morgan fingerprint density at radius 1 is 1.56 bits per heavy atom. The highest BCUT2D eigenvalue weighted by atomic mass is 16.3. The van der Waals surface area contributed by atoms with Gasteiger partial charge in [0.2, 0.25) is 0 Å². The van der Waals surface area contributed by atoms with Crippen molar-refractivity contribution in [3.63, 3.8) is 0 Å². The number of nitrogens with zero attached hydrogens (tertiary/aromatic N) is 1. The SMILES string of the molecule is C=CC[C@]1(CCC(C)=O)C=Nc2ccc(O)cc21. The van der Waals surface area contributed by atoms with Crippen LogP contribution in [0.2, 0.25) is 0 Å². The third-order valence-corrected chi connectivity index (χ3v) is 3.40. The van der Waals surface area contributed by atoms with Crippen LogP contribution in [0.15, 0.2) is 35.8 Å². The lowest BCUT2D eigenvalue weighted by Gasteiger charge is -2.26. The molecule has 0 bridgehead atoms. The summed E-state index contributed by atoms with van der Waals surface area (Å²) in [5, 5.41) is 9.63. The standard InChI is InChI=1S/C15H17NO2/c1-3-7-15(8-6-11(2)17)10-16-14-5-4-12(18)9-13(14)15/h3-5,9-10,18H,1,6-8H2,2H3/t15-/m0/s1. The van der Waals surface area contributed by atoms with Crippen molar-refractivity contribution in [3.05, 3.63) is 36.4 Å². The van der Waals surface area contributed by atoms with Gasteiger partial charge in [-0.2, -0.15) is 0 Å². The number of hydrogen-bond donors (Lipinski definition) is 1. The molecule has 1 aromatic rings. The maximum atomic E-state index is 11.2. The minimum absolute atomic E-state index is 0.167. The maximum Gasteiger partial charge on any atom is 0.129 e. The quantitative estimate of drug-likeness (QED) is 0.807. The van der Waals surface area contributed by atoms with Crippen molar-refractivity contribution in [1.29, 1.82) is 0 Å². The summed E-state index contributed by atoms with van der Waals surface area (Å²) in [5.74, 6) is 0.399. The van der Waals surface area contributed by atoms with E-state index in [1.54, 1.807) is 25.1 Å². The molecule has 0 aliphatic carbocycles. The Morgan fingerprint density at radius 2 is 2.33 bits per heavy atom. The van der Waals surface area contributed by atoms with Crippen LogP contribution < -0.4 is 0 Å². The van der Waals surface area contributed by atoms with Crippen LogP contribution in [-0.4, -0.2) is 17.1 Å². The van der Waals surface area contributed by atoms with Gasteiger partial charge in [-0.25, -0.2) is 0 Å². The lowest BCUT2D eigenvalue weighted by Crippen LogP contribution is -2.25. The number of phenols is 1. The van der Waals surface area contributed by atoms with Gasteiger partial charge in [-0.05, 0) is 43.5 Å². The van der Waals surface area contributed by atoms with Crippen molar-refractivity contribution < 1.29 is 9.90 Å². The Balaban J connectivity index is 2.39. The average Bonchev–Trinajstić information content (AvgIpc) is 2.67. The summed E-state index contributed by atoms with van der Waals surface area (Å²) >= 11 is 0. The minimum Gasteiger partial charge on any atom is -0.508 e. The molecule has 1 atom stereocenters. The summed E-state index contributed by atoms with van der Waals surface area (Å²) < 4.78 is 0. The minimum atomic E-state index is -0.290. The van der Waals surface area contributed by atoms with Gasteiger partial charge in [0.15, 0.2) is 0 Å². The fourth-order valence-corrected chi connectivity index (χ4v) is 2.42. The molecule has 0 spiro atoms. The van der Waals surface area contributed by atoms with E-state index in [0.29, 0.717) is 12.8 Å². The Labute approximate surface area is 107 Å². The Morgan fingerprint density at radius 3 is 3.00 bits per heavy atom. The molecule has 1 aliphatic rings. The van der Waals surface area contributed by atoms with Gasteiger partial charge in [0.1, 0.15) is 11.5 Å². The van der Waals surface area contributed by atoms with Crippen LogP contribution >= 0.6 is 0 Å². The maximum absolute atomic E-state index is 11.2. The lowest BCUT2D eigenvalue weighted by atomic mass is 9.75. The fraction of sp³-hybridized carbons (Fsp3) is 0.333. The molecule has 18 heavy (non-hydrogen) atoms. The summed E-state index contributed by atoms with van der Waals surface area (Å²) in [7, 11) is 0. The molecule has 94 valence electrons. The molecule has 1 aromatic carbocycles.